The summed E-state index contributed by atoms with van der Waals surface area (Å²) in [6, 6.07) is 2.90. The zero-order valence-corrected chi connectivity index (χ0v) is 10.7. The molecule has 1 fully saturated rings. The van der Waals surface area contributed by atoms with Gasteiger partial charge in [0.15, 0.2) is 0 Å². The zero-order valence-electron chi connectivity index (χ0n) is 10.7. The van der Waals surface area contributed by atoms with Gasteiger partial charge >= 0.3 is 0 Å². The summed E-state index contributed by atoms with van der Waals surface area (Å²) in [5.41, 5.74) is 0.363. The zero-order chi connectivity index (χ0) is 13.2. The van der Waals surface area contributed by atoms with Crippen molar-refractivity contribution in [3.63, 3.8) is 0 Å². The van der Waals surface area contributed by atoms with E-state index in [0.29, 0.717) is 17.1 Å². The summed E-state index contributed by atoms with van der Waals surface area (Å²) in [7, 11) is 1.70. The van der Waals surface area contributed by atoms with Crippen LogP contribution in [0.2, 0.25) is 0 Å². The lowest BCUT2D eigenvalue weighted by molar-refractivity contribution is -0.384. The Bertz CT molecular complexity index is 457. The highest BCUT2D eigenvalue weighted by atomic mass is 16.6. The van der Waals surface area contributed by atoms with Gasteiger partial charge in [0.2, 0.25) is 0 Å². The molecule has 0 spiro atoms. The van der Waals surface area contributed by atoms with Crippen LogP contribution in [-0.2, 0) is 0 Å². The molecule has 18 heavy (non-hydrogen) atoms. The number of rotatable bonds is 5. The van der Waals surface area contributed by atoms with Gasteiger partial charge < -0.3 is 10.6 Å². The van der Waals surface area contributed by atoms with Gasteiger partial charge in [0, 0.05) is 13.6 Å². The molecular weight excluding hydrogens is 232 g/mol. The highest BCUT2D eigenvalue weighted by Crippen LogP contribution is 2.40. The molecule has 0 radical (unpaired) electrons. The Kier molecular flexibility index (Phi) is 3.36. The van der Waals surface area contributed by atoms with E-state index in [1.165, 1.54) is 31.4 Å². The molecule has 1 saturated carbocycles. The monoisotopic (exact) mass is 250 g/mol. The molecule has 0 saturated heterocycles. The lowest BCUT2D eigenvalue weighted by Gasteiger charge is -2.38. The third-order valence-electron chi connectivity index (χ3n) is 3.53. The van der Waals surface area contributed by atoms with Crippen LogP contribution >= 0.6 is 0 Å². The van der Waals surface area contributed by atoms with Crippen LogP contribution in [0.25, 0.3) is 0 Å². The second kappa shape index (κ2) is 4.80. The molecule has 0 aromatic carbocycles. The number of aromatic nitrogens is 1. The van der Waals surface area contributed by atoms with E-state index in [1.54, 1.807) is 7.05 Å². The van der Waals surface area contributed by atoms with Crippen LogP contribution in [0.3, 0.4) is 0 Å². The molecule has 1 aliphatic carbocycles. The molecule has 0 unspecified atom stereocenters. The molecule has 6 nitrogen and oxygen atoms in total. The summed E-state index contributed by atoms with van der Waals surface area (Å²) >= 11 is 0. The van der Waals surface area contributed by atoms with Crippen molar-refractivity contribution >= 4 is 17.3 Å². The molecule has 1 aromatic rings. The Balaban J connectivity index is 2.11. The highest BCUT2D eigenvalue weighted by Gasteiger charge is 2.31. The van der Waals surface area contributed by atoms with Crippen LogP contribution in [-0.4, -0.2) is 23.5 Å². The van der Waals surface area contributed by atoms with Crippen molar-refractivity contribution in [1.29, 1.82) is 0 Å². The molecule has 1 aliphatic rings. The van der Waals surface area contributed by atoms with E-state index in [9.17, 15) is 10.1 Å². The average molecular weight is 250 g/mol. The predicted molar refractivity (Wildman–Crippen MR) is 70.9 cm³/mol. The van der Waals surface area contributed by atoms with Gasteiger partial charge in [-0.3, -0.25) is 10.1 Å². The first-order valence-electron chi connectivity index (χ1n) is 6.10. The van der Waals surface area contributed by atoms with Crippen LogP contribution in [0.1, 0.15) is 26.2 Å². The molecule has 2 N–H and O–H groups in total. The largest absolute Gasteiger partial charge is 0.373 e. The Morgan fingerprint density at radius 2 is 2.11 bits per heavy atom. The van der Waals surface area contributed by atoms with E-state index < -0.39 is 4.92 Å². The highest BCUT2D eigenvalue weighted by molar-refractivity contribution is 5.54. The number of pyridine rings is 1. The quantitative estimate of drug-likeness (QED) is 0.620. The van der Waals surface area contributed by atoms with E-state index in [-0.39, 0.29) is 5.69 Å². The van der Waals surface area contributed by atoms with Gasteiger partial charge in [-0.1, -0.05) is 13.3 Å². The van der Waals surface area contributed by atoms with Crippen molar-refractivity contribution < 1.29 is 4.92 Å². The average Bonchev–Trinajstić information content (AvgIpc) is 2.33. The topological polar surface area (TPSA) is 80.1 Å². The first kappa shape index (κ1) is 12.6. The van der Waals surface area contributed by atoms with Crippen LogP contribution in [0.15, 0.2) is 12.1 Å². The predicted octanol–water partition coefficient (Wildman–Crippen LogP) is 2.63. The van der Waals surface area contributed by atoms with Crippen molar-refractivity contribution in [3.05, 3.63) is 22.2 Å². The van der Waals surface area contributed by atoms with E-state index in [0.717, 1.165) is 6.54 Å². The second-order valence-corrected chi connectivity index (χ2v) is 5.12. The van der Waals surface area contributed by atoms with Crippen LogP contribution in [0.4, 0.5) is 17.3 Å². The molecule has 0 amide bonds. The smallest absolute Gasteiger partial charge is 0.276 e. The first-order valence-corrected chi connectivity index (χ1v) is 6.10. The fraction of sp³-hybridized carbons (Fsp3) is 0.583. The summed E-state index contributed by atoms with van der Waals surface area (Å²) < 4.78 is 0. The van der Waals surface area contributed by atoms with E-state index >= 15 is 0 Å². The normalized spacial score (nSPS) is 16.8. The van der Waals surface area contributed by atoms with Crippen molar-refractivity contribution in [2.24, 2.45) is 5.41 Å². The maximum Gasteiger partial charge on any atom is 0.276 e. The Hall–Kier alpha value is -1.85. The van der Waals surface area contributed by atoms with Crippen molar-refractivity contribution in [1.82, 2.24) is 4.98 Å². The number of nitro groups is 1. The summed E-state index contributed by atoms with van der Waals surface area (Å²) in [5.74, 6) is 1.06. The fourth-order valence-electron chi connectivity index (χ4n) is 2.10. The minimum Gasteiger partial charge on any atom is -0.373 e. The summed E-state index contributed by atoms with van der Waals surface area (Å²) in [6.07, 6.45) is 3.67. The Morgan fingerprint density at radius 3 is 2.61 bits per heavy atom. The van der Waals surface area contributed by atoms with E-state index in [4.69, 9.17) is 0 Å². The van der Waals surface area contributed by atoms with Crippen molar-refractivity contribution in [2.75, 3.05) is 24.2 Å². The first-order chi connectivity index (χ1) is 8.52. The Labute approximate surface area is 106 Å². The van der Waals surface area contributed by atoms with Gasteiger partial charge in [0.05, 0.1) is 17.1 Å². The lowest BCUT2D eigenvalue weighted by Crippen LogP contribution is -2.33. The fourth-order valence-corrected chi connectivity index (χ4v) is 2.10. The number of anilines is 2. The van der Waals surface area contributed by atoms with Gasteiger partial charge in [0.25, 0.3) is 5.69 Å². The number of nitrogens with zero attached hydrogens (tertiary/aromatic N) is 2. The molecule has 1 aromatic heterocycles. The van der Waals surface area contributed by atoms with Crippen molar-refractivity contribution in [3.8, 4) is 0 Å². The molecule has 0 aliphatic heterocycles. The molecule has 1 heterocycles. The van der Waals surface area contributed by atoms with Gasteiger partial charge in [-0.25, -0.2) is 4.98 Å². The van der Waals surface area contributed by atoms with Crippen LogP contribution < -0.4 is 10.6 Å². The SMILES string of the molecule is CNc1cc([N+](=O)[O-])cc(NCC2(C)CCC2)n1. The summed E-state index contributed by atoms with van der Waals surface area (Å²) in [4.78, 5) is 14.7. The third-order valence-corrected chi connectivity index (χ3v) is 3.53. The van der Waals surface area contributed by atoms with Gasteiger partial charge in [-0.15, -0.1) is 0 Å². The molecule has 0 atom stereocenters. The van der Waals surface area contributed by atoms with Crippen LogP contribution in [0.5, 0.6) is 0 Å². The van der Waals surface area contributed by atoms with Gasteiger partial charge in [-0.2, -0.15) is 0 Å². The molecular formula is C12H18N4O2. The van der Waals surface area contributed by atoms with E-state index in [1.807, 2.05) is 0 Å². The summed E-state index contributed by atoms with van der Waals surface area (Å²) in [6.45, 7) is 3.03. The van der Waals surface area contributed by atoms with Gasteiger partial charge in [-0.05, 0) is 18.3 Å². The third kappa shape index (κ3) is 2.69. The summed E-state index contributed by atoms with van der Waals surface area (Å²) in [5, 5.41) is 16.8. The number of hydrogen-bond acceptors (Lipinski definition) is 5. The molecule has 2 rings (SSSR count). The second-order valence-electron chi connectivity index (χ2n) is 5.12. The molecule has 98 valence electrons. The number of nitrogens with one attached hydrogen (secondary N) is 2. The molecule has 6 heteroatoms. The van der Waals surface area contributed by atoms with E-state index in [2.05, 4.69) is 22.5 Å². The maximum absolute atomic E-state index is 10.8. The molecule has 0 bridgehead atoms. The number of hydrogen-bond donors (Lipinski definition) is 2. The van der Waals surface area contributed by atoms with Gasteiger partial charge in [0.1, 0.15) is 11.6 Å². The maximum atomic E-state index is 10.8. The minimum absolute atomic E-state index is 0.0515. The Morgan fingerprint density at radius 1 is 1.44 bits per heavy atom. The van der Waals surface area contributed by atoms with Crippen molar-refractivity contribution in [2.45, 2.75) is 26.2 Å². The standard InChI is InChI=1S/C12H18N4O2/c1-12(4-3-5-12)8-14-11-7-9(16(17)18)6-10(13-2)15-11/h6-7H,3-5,8H2,1-2H3,(H2,13,14,15). The van der Waals surface area contributed by atoms with Crippen LogP contribution in [0, 0.1) is 15.5 Å². The minimum atomic E-state index is -0.404. The lowest BCUT2D eigenvalue weighted by atomic mass is 9.70.